The van der Waals surface area contributed by atoms with Gasteiger partial charge in [0, 0.05) is 19.7 Å². The first-order valence-electron chi connectivity index (χ1n) is 5.41. The van der Waals surface area contributed by atoms with E-state index in [1.165, 1.54) is 11.1 Å². The van der Waals surface area contributed by atoms with Gasteiger partial charge in [-0.15, -0.1) is 0 Å². The lowest BCUT2D eigenvalue weighted by Crippen LogP contribution is -2.26. The van der Waals surface area contributed by atoms with Crippen molar-refractivity contribution in [3.05, 3.63) is 35.4 Å². The molecule has 0 saturated heterocycles. The molecule has 1 rings (SSSR count). The Balaban J connectivity index is 2.59. The van der Waals surface area contributed by atoms with Crippen molar-refractivity contribution in [3.63, 3.8) is 0 Å². The number of likely N-dealkylation sites (N-methyl/N-ethyl adjacent to an activating group) is 1. The minimum absolute atomic E-state index is 0.445. The molecule has 0 heterocycles. The molecule has 1 atom stereocenters. The largest absolute Gasteiger partial charge is 0.383 e. The lowest BCUT2D eigenvalue weighted by Gasteiger charge is -2.24. The first kappa shape index (κ1) is 12.2. The van der Waals surface area contributed by atoms with Gasteiger partial charge in [0.05, 0.1) is 6.61 Å². The summed E-state index contributed by atoms with van der Waals surface area (Å²) in [6.07, 6.45) is 0. The maximum absolute atomic E-state index is 5.08. The minimum Gasteiger partial charge on any atom is -0.383 e. The van der Waals surface area contributed by atoms with Crippen molar-refractivity contribution in [3.8, 4) is 0 Å². The topological polar surface area (TPSA) is 12.5 Å². The maximum Gasteiger partial charge on any atom is 0.0589 e. The lowest BCUT2D eigenvalue weighted by molar-refractivity contribution is 0.143. The molecule has 2 heteroatoms. The van der Waals surface area contributed by atoms with E-state index in [0.29, 0.717) is 6.04 Å². The molecule has 1 aromatic rings. The Morgan fingerprint density at radius 1 is 1.27 bits per heavy atom. The van der Waals surface area contributed by atoms with Crippen LogP contribution in [0, 0.1) is 6.92 Å². The summed E-state index contributed by atoms with van der Waals surface area (Å²) in [5, 5.41) is 0. The molecule has 1 aromatic carbocycles. The number of methoxy groups -OCH3 is 1. The van der Waals surface area contributed by atoms with Gasteiger partial charge >= 0.3 is 0 Å². The summed E-state index contributed by atoms with van der Waals surface area (Å²) in [6.45, 7) is 6.08. The second-order valence-electron chi connectivity index (χ2n) is 4.06. The van der Waals surface area contributed by atoms with Crippen LogP contribution in [0.1, 0.15) is 24.1 Å². The molecule has 0 fully saturated rings. The minimum atomic E-state index is 0.445. The van der Waals surface area contributed by atoms with E-state index in [0.717, 1.165) is 13.2 Å². The fraction of sp³-hybridized carbons (Fsp3) is 0.538. The molecule has 0 N–H and O–H groups in total. The molecule has 0 spiro atoms. The van der Waals surface area contributed by atoms with Gasteiger partial charge in [-0.05, 0) is 26.5 Å². The van der Waals surface area contributed by atoms with Crippen molar-refractivity contribution in [1.29, 1.82) is 0 Å². The molecule has 84 valence electrons. The number of hydrogen-bond acceptors (Lipinski definition) is 2. The summed E-state index contributed by atoms with van der Waals surface area (Å²) >= 11 is 0. The Bertz CT molecular complexity index is 281. The zero-order valence-corrected chi connectivity index (χ0v) is 10.2. The molecular formula is C13H21NO. The lowest BCUT2D eigenvalue weighted by atomic mass is 10.1. The predicted octanol–water partition coefficient (Wildman–Crippen LogP) is 2.63. The molecule has 15 heavy (non-hydrogen) atoms. The fourth-order valence-corrected chi connectivity index (χ4v) is 1.53. The van der Waals surface area contributed by atoms with Gasteiger partial charge in [-0.1, -0.05) is 29.8 Å². The van der Waals surface area contributed by atoms with Crippen molar-refractivity contribution in [2.75, 3.05) is 27.3 Å². The van der Waals surface area contributed by atoms with Gasteiger partial charge in [0.15, 0.2) is 0 Å². The average molecular weight is 207 g/mol. The van der Waals surface area contributed by atoms with E-state index in [2.05, 4.69) is 50.1 Å². The Morgan fingerprint density at radius 2 is 1.87 bits per heavy atom. The highest BCUT2D eigenvalue weighted by Gasteiger charge is 2.10. The van der Waals surface area contributed by atoms with Gasteiger partial charge in [0.1, 0.15) is 0 Å². The zero-order valence-electron chi connectivity index (χ0n) is 10.2. The Kier molecular flexibility index (Phi) is 4.79. The molecule has 0 aliphatic heterocycles. The molecule has 0 aliphatic carbocycles. The van der Waals surface area contributed by atoms with Crippen LogP contribution in [-0.4, -0.2) is 32.2 Å². The molecule has 0 amide bonds. The summed E-state index contributed by atoms with van der Waals surface area (Å²) in [4.78, 5) is 2.30. The molecule has 0 radical (unpaired) electrons. The fourth-order valence-electron chi connectivity index (χ4n) is 1.53. The van der Waals surface area contributed by atoms with Crippen LogP contribution in [0.4, 0.5) is 0 Å². The van der Waals surface area contributed by atoms with E-state index in [4.69, 9.17) is 4.74 Å². The summed E-state index contributed by atoms with van der Waals surface area (Å²) in [5.41, 5.74) is 2.67. The average Bonchev–Trinajstić information content (AvgIpc) is 2.26. The van der Waals surface area contributed by atoms with Crippen molar-refractivity contribution in [2.24, 2.45) is 0 Å². The van der Waals surface area contributed by atoms with Crippen LogP contribution in [0.3, 0.4) is 0 Å². The highest BCUT2D eigenvalue weighted by Crippen LogP contribution is 2.18. The standard InChI is InChI=1S/C13H21NO/c1-11-5-7-13(8-6-11)12(2)14(3)9-10-15-4/h5-8,12H,9-10H2,1-4H3/t12-/m0/s1. The van der Waals surface area contributed by atoms with Crippen molar-refractivity contribution >= 4 is 0 Å². The van der Waals surface area contributed by atoms with Crippen molar-refractivity contribution < 1.29 is 4.74 Å². The van der Waals surface area contributed by atoms with Crippen LogP contribution < -0.4 is 0 Å². The van der Waals surface area contributed by atoms with E-state index in [1.807, 2.05) is 0 Å². The van der Waals surface area contributed by atoms with Crippen LogP contribution in [0.2, 0.25) is 0 Å². The normalized spacial score (nSPS) is 13.1. The second-order valence-corrected chi connectivity index (χ2v) is 4.06. The third-order valence-corrected chi connectivity index (χ3v) is 2.87. The molecule has 0 unspecified atom stereocenters. The highest BCUT2D eigenvalue weighted by molar-refractivity contribution is 5.23. The first-order valence-corrected chi connectivity index (χ1v) is 5.41. The van der Waals surface area contributed by atoms with Crippen LogP contribution in [0.25, 0.3) is 0 Å². The van der Waals surface area contributed by atoms with Gasteiger partial charge in [-0.3, -0.25) is 4.90 Å². The monoisotopic (exact) mass is 207 g/mol. The molecular weight excluding hydrogens is 186 g/mol. The van der Waals surface area contributed by atoms with E-state index in [-0.39, 0.29) is 0 Å². The van der Waals surface area contributed by atoms with Crippen LogP contribution in [0.15, 0.2) is 24.3 Å². The van der Waals surface area contributed by atoms with Crippen molar-refractivity contribution in [1.82, 2.24) is 4.90 Å². The third kappa shape index (κ3) is 3.65. The summed E-state index contributed by atoms with van der Waals surface area (Å²) < 4.78 is 5.08. The number of hydrogen-bond donors (Lipinski definition) is 0. The van der Waals surface area contributed by atoms with E-state index >= 15 is 0 Å². The first-order chi connectivity index (χ1) is 7.15. The summed E-state index contributed by atoms with van der Waals surface area (Å²) in [6, 6.07) is 9.17. The molecule has 0 aromatic heterocycles. The maximum atomic E-state index is 5.08. The molecule has 0 bridgehead atoms. The van der Waals surface area contributed by atoms with Gasteiger partial charge in [-0.2, -0.15) is 0 Å². The Labute approximate surface area is 92.9 Å². The van der Waals surface area contributed by atoms with Crippen LogP contribution in [0.5, 0.6) is 0 Å². The number of nitrogens with zero attached hydrogens (tertiary/aromatic N) is 1. The smallest absolute Gasteiger partial charge is 0.0589 e. The number of benzene rings is 1. The SMILES string of the molecule is COCCN(C)[C@@H](C)c1ccc(C)cc1. The molecule has 0 aliphatic rings. The van der Waals surface area contributed by atoms with Crippen LogP contribution in [-0.2, 0) is 4.74 Å². The summed E-state index contributed by atoms with van der Waals surface area (Å²) in [7, 11) is 3.87. The van der Waals surface area contributed by atoms with Gasteiger partial charge < -0.3 is 4.74 Å². The van der Waals surface area contributed by atoms with E-state index < -0.39 is 0 Å². The van der Waals surface area contributed by atoms with Crippen molar-refractivity contribution in [2.45, 2.75) is 19.9 Å². The zero-order chi connectivity index (χ0) is 11.3. The number of ether oxygens (including phenoxy) is 1. The van der Waals surface area contributed by atoms with Gasteiger partial charge in [-0.25, -0.2) is 0 Å². The third-order valence-electron chi connectivity index (χ3n) is 2.87. The van der Waals surface area contributed by atoms with Crippen LogP contribution >= 0.6 is 0 Å². The number of rotatable bonds is 5. The Morgan fingerprint density at radius 3 is 2.40 bits per heavy atom. The Hall–Kier alpha value is -0.860. The van der Waals surface area contributed by atoms with E-state index in [9.17, 15) is 0 Å². The molecule has 2 nitrogen and oxygen atoms in total. The van der Waals surface area contributed by atoms with E-state index in [1.54, 1.807) is 7.11 Å². The second kappa shape index (κ2) is 5.89. The summed E-state index contributed by atoms with van der Waals surface area (Å²) in [5.74, 6) is 0. The number of aryl methyl sites for hydroxylation is 1. The molecule has 0 saturated carbocycles. The highest BCUT2D eigenvalue weighted by atomic mass is 16.5. The van der Waals surface area contributed by atoms with Gasteiger partial charge in [0.2, 0.25) is 0 Å². The quantitative estimate of drug-likeness (QED) is 0.736. The predicted molar refractivity (Wildman–Crippen MR) is 64.1 cm³/mol. The van der Waals surface area contributed by atoms with Gasteiger partial charge in [0.25, 0.3) is 0 Å².